The smallest absolute Gasteiger partial charge is 0.331 e. The Labute approximate surface area is 175 Å². The summed E-state index contributed by atoms with van der Waals surface area (Å²) in [5.41, 5.74) is 1.51. The second-order valence-electron chi connectivity index (χ2n) is 6.96. The molecule has 9 heteroatoms. The highest BCUT2D eigenvalue weighted by Crippen LogP contribution is 2.30. The fraction of sp³-hybridized carbons (Fsp3) is 0.421. The maximum absolute atomic E-state index is 12.9. The van der Waals surface area contributed by atoms with Crippen LogP contribution in [0.5, 0.6) is 0 Å². The van der Waals surface area contributed by atoms with Crippen molar-refractivity contribution in [1.82, 2.24) is 14.9 Å². The third kappa shape index (κ3) is 4.84. The molecular weight excluding hydrogens is 399 g/mol. The summed E-state index contributed by atoms with van der Waals surface area (Å²) < 4.78 is 0. The number of aryl methyl sites for hydroxylation is 1. The number of urea groups is 1. The molecule has 1 aromatic heterocycles. The van der Waals surface area contributed by atoms with E-state index in [2.05, 4.69) is 20.2 Å². The molecule has 150 valence electrons. The Morgan fingerprint density at radius 2 is 1.86 bits per heavy atom. The van der Waals surface area contributed by atoms with Gasteiger partial charge in [-0.25, -0.2) is 9.78 Å². The molecular formula is C19H24Cl2N6O. The zero-order valence-corrected chi connectivity index (χ0v) is 17.8. The Bertz CT molecular complexity index is 860. The number of aromatic nitrogens is 2. The average Bonchev–Trinajstić information content (AvgIpc) is 3.02. The van der Waals surface area contributed by atoms with Gasteiger partial charge in [-0.2, -0.15) is 4.98 Å². The third-order valence-corrected chi connectivity index (χ3v) is 5.13. The van der Waals surface area contributed by atoms with Crippen LogP contribution in [0.15, 0.2) is 24.3 Å². The number of nitrogens with zero attached hydrogens (tertiary/aromatic N) is 5. The van der Waals surface area contributed by atoms with Gasteiger partial charge in [0.2, 0.25) is 5.95 Å². The van der Waals surface area contributed by atoms with E-state index in [9.17, 15) is 4.79 Å². The molecule has 1 aromatic carbocycles. The summed E-state index contributed by atoms with van der Waals surface area (Å²) in [6.07, 6.45) is 0.999. The molecule has 28 heavy (non-hydrogen) atoms. The van der Waals surface area contributed by atoms with Crippen LogP contribution in [0, 0.1) is 6.92 Å². The number of amides is 2. The third-order valence-electron chi connectivity index (χ3n) is 4.40. The molecule has 0 atom stereocenters. The molecule has 2 heterocycles. The van der Waals surface area contributed by atoms with Crippen LogP contribution in [0.2, 0.25) is 10.0 Å². The summed E-state index contributed by atoms with van der Waals surface area (Å²) >= 11 is 12.1. The fourth-order valence-electron chi connectivity index (χ4n) is 2.99. The Kier molecular flexibility index (Phi) is 6.59. The largest absolute Gasteiger partial charge is 0.370 e. The minimum atomic E-state index is -0.178. The van der Waals surface area contributed by atoms with Crippen LogP contribution >= 0.6 is 23.2 Å². The van der Waals surface area contributed by atoms with Gasteiger partial charge in [0, 0.05) is 37.1 Å². The van der Waals surface area contributed by atoms with Gasteiger partial charge >= 0.3 is 6.03 Å². The molecule has 2 aromatic rings. The van der Waals surface area contributed by atoms with Crippen molar-refractivity contribution >= 4 is 46.7 Å². The van der Waals surface area contributed by atoms with E-state index < -0.39 is 0 Å². The van der Waals surface area contributed by atoms with E-state index in [1.165, 1.54) is 0 Å². The topological polar surface area (TPSA) is 64.6 Å². The summed E-state index contributed by atoms with van der Waals surface area (Å²) in [7, 11) is 4.09. The minimum Gasteiger partial charge on any atom is -0.370 e. The molecule has 0 saturated carbocycles. The second kappa shape index (κ2) is 8.94. The molecule has 0 spiro atoms. The highest BCUT2D eigenvalue weighted by atomic mass is 35.5. The van der Waals surface area contributed by atoms with E-state index in [0.717, 1.165) is 31.0 Å². The highest BCUT2D eigenvalue weighted by molar-refractivity contribution is 6.42. The first-order valence-electron chi connectivity index (χ1n) is 9.13. The number of halogens is 2. The zero-order valence-electron chi connectivity index (χ0n) is 16.2. The number of hydrogen-bond acceptors (Lipinski definition) is 5. The first-order valence-corrected chi connectivity index (χ1v) is 9.89. The van der Waals surface area contributed by atoms with E-state index in [-0.39, 0.29) is 6.03 Å². The maximum atomic E-state index is 12.9. The standard InChI is InChI=1S/C19H24Cl2N6O/c1-13-11-17(22-7-4-8-25(2)3)24-18(23-13)27-10-9-26(19(27)28)14-5-6-15(20)16(21)12-14/h5-6,11-12H,4,7-10H2,1-3H3,(H,22,23,24). The Hall–Kier alpha value is -2.09. The van der Waals surface area contributed by atoms with Gasteiger partial charge in [0.25, 0.3) is 0 Å². The normalized spacial score (nSPS) is 14.3. The van der Waals surface area contributed by atoms with Crippen molar-refractivity contribution in [3.8, 4) is 0 Å². The number of nitrogens with one attached hydrogen (secondary N) is 1. The summed E-state index contributed by atoms with van der Waals surface area (Å²) in [6, 6.07) is 6.87. The molecule has 0 radical (unpaired) electrons. The number of anilines is 3. The van der Waals surface area contributed by atoms with Crippen LogP contribution in [0.25, 0.3) is 0 Å². The Morgan fingerprint density at radius 3 is 2.57 bits per heavy atom. The van der Waals surface area contributed by atoms with Gasteiger partial charge in [-0.1, -0.05) is 23.2 Å². The highest BCUT2D eigenvalue weighted by Gasteiger charge is 2.32. The number of rotatable bonds is 7. The van der Waals surface area contributed by atoms with Crippen LogP contribution in [0.3, 0.4) is 0 Å². The van der Waals surface area contributed by atoms with Crippen molar-refractivity contribution in [3.05, 3.63) is 40.0 Å². The molecule has 1 aliphatic heterocycles. The first-order chi connectivity index (χ1) is 13.3. The summed E-state index contributed by atoms with van der Waals surface area (Å²) in [6.45, 7) is 4.72. The van der Waals surface area contributed by atoms with Gasteiger partial charge in [0.1, 0.15) is 5.82 Å². The van der Waals surface area contributed by atoms with Gasteiger partial charge in [-0.05, 0) is 52.2 Å². The molecule has 2 amide bonds. The zero-order chi connectivity index (χ0) is 20.3. The van der Waals surface area contributed by atoms with Crippen molar-refractivity contribution in [2.24, 2.45) is 0 Å². The SMILES string of the molecule is Cc1cc(NCCCN(C)C)nc(N2CCN(c3ccc(Cl)c(Cl)c3)C2=O)n1. The maximum Gasteiger partial charge on any atom is 0.331 e. The van der Waals surface area contributed by atoms with Crippen molar-refractivity contribution < 1.29 is 4.79 Å². The van der Waals surface area contributed by atoms with E-state index in [4.69, 9.17) is 23.2 Å². The quantitative estimate of drug-likeness (QED) is 0.685. The molecule has 0 bridgehead atoms. The number of benzene rings is 1. The van der Waals surface area contributed by atoms with Crippen LogP contribution < -0.4 is 15.1 Å². The molecule has 1 saturated heterocycles. The monoisotopic (exact) mass is 422 g/mol. The minimum absolute atomic E-state index is 0.178. The van der Waals surface area contributed by atoms with Gasteiger partial charge in [-0.3, -0.25) is 9.80 Å². The molecule has 1 aliphatic rings. The van der Waals surface area contributed by atoms with Crippen LogP contribution in [-0.4, -0.2) is 61.2 Å². The van der Waals surface area contributed by atoms with E-state index in [0.29, 0.717) is 34.8 Å². The molecule has 1 N–H and O–H groups in total. The van der Waals surface area contributed by atoms with Gasteiger partial charge in [-0.15, -0.1) is 0 Å². The van der Waals surface area contributed by atoms with E-state index >= 15 is 0 Å². The van der Waals surface area contributed by atoms with Crippen molar-refractivity contribution in [1.29, 1.82) is 0 Å². The van der Waals surface area contributed by atoms with Crippen molar-refractivity contribution in [2.45, 2.75) is 13.3 Å². The van der Waals surface area contributed by atoms with Gasteiger partial charge in [0.15, 0.2) is 0 Å². The second-order valence-corrected chi connectivity index (χ2v) is 7.78. The van der Waals surface area contributed by atoms with E-state index in [1.807, 2.05) is 27.1 Å². The Balaban J connectivity index is 1.72. The van der Waals surface area contributed by atoms with Crippen molar-refractivity contribution in [3.63, 3.8) is 0 Å². The lowest BCUT2D eigenvalue weighted by Gasteiger charge is -2.19. The first kappa shape index (κ1) is 20.6. The van der Waals surface area contributed by atoms with Gasteiger partial charge in [0.05, 0.1) is 10.0 Å². The molecule has 7 nitrogen and oxygen atoms in total. The number of carbonyl (C=O) groups excluding carboxylic acids is 1. The average molecular weight is 423 g/mol. The molecule has 0 unspecified atom stereocenters. The van der Waals surface area contributed by atoms with Crippen molar-refractivity contribution in [2.75, 3.05) is 55.4 Å². The summed E-state index contributed by atoms with van der Waals surface area (Å²) in [5.74, 6) is 1.13. The lowest BCUT2D eigenvalue weighted by atomic mass is 10.3. The number of carbonyl (C=O) groups is 1. The Morgan fingerprint density at radius 1 is 1.11 bits per heavy atom. The lowest BCUT2D eigenvalue weighted by molar-refractivity contribution is 0.255. The molecule has 0 aliphatic carbocycles. The van der Waals surface area contributed by atoms with Gasteiger partial charge < -0.3 is 10.2 Å². The lowest BCUT2D eigenvalue weighted by Crippen LogP contribution is -2.33. The van der Waals surface area contributed by atoms with Crippen LogP contribution in [0.1, 0.15) is 12.1 Å². The number of hydrogen-bond donors (Lipinski definition) is 1. The summed E-state index contributed by atoms with van der Waals surface area (Å²) in [5, 5.41) is 4.19. The predicted molar refractivity (Wildman–Crippen MR) is 115 cm³/mol. The van der Waals surface area contributed by atoms with Crippen LogP contribution in [0.4, 0.5) is 22.2 Å². The van der Waals surface area contributed by atoms with Crippen LogP contribution in [-0.2, 0) is 0 Å². The summed E-state index contributed by atoms with van der Waals surface area (Å²) in [4.78, 5) is 27.3. The molecule has 1 fully saturated rings. The molecule has 3 rings (SSSR count). The fourth-order valence-corrected chi connectivity index (χ4v) is 3.28. The van der Waals surface area contributed by atoms with E-state index in [1.54, 1.807) is 28.0 Å². The predicted octanol–water partition coefficient (Wildman–Crippen LogP) is 3.90.